The summed E-state index contributed by atoms with van der Waals surface area (Å²) in [5, 5.41) is 13.7. The van der Waals surface area contributed by atoms with E-state index in [1.54, 1.807) is 4.90 Å². The Morgan fingerprint density at radius 3 is 3.00 bits per heavy atom. The summed E-state index contributed by atoms with van der Waals surface area (Å²) in [6, 6.07) is 5.79. The van der Waals surface area contributed by atoms with Crippen molar-refractivity contribution in [3.8, 4) is 0 Å². The second-order valence-electron chi connectivity index (χ2n) is 6.91. The molecule has 1 N–H and O–H groups in total. The lowest BCUT2D eigenvalue weighted by atomic mass is 10.1. The maximum Gasteiger partial charge on any atom is 0.244 e. The average molecular weight is 370 g/mol. The number of hydrogen-bond donors (Lipinski definition) is 1. The predicted octanol–water partition coefficient (Wildman–Crippen LogP) is 0.418. The number of nitrogens with zero attached hydrogens (tertiary/aromatic N) is 5. The van der Waals surface area contributed by atoms with E-state index in [4.69, 9.17) is 4.74 Å². The number of carbonyl (C=O) groups excluding carboxylic acids is 2. The molecule has 1 aromatic heterocycles. The van der Waals surface area contributed by atoms with Crippen LogP contribution in [0.5, 0.6) is 0 Å². The zero-order valence-electron chi connectivity index (χ0n) is 15.0. The number of nitrogens with one attached hydrogen (secondary N) is 1. The van der Waals surface area contributed by atoms with Gasteiger partial charge in [-0.05, 0) is 52.9 Å². The summed E-state index contributed by atoms with van der Waals surface area (Å²) >= 11 is 0. The third-order valence-corrected chi connectivity index (χ3v) is 5.04. The van der Waals surface area contributed by atoms with Crippen LogP contribution in [-0.4, -0.2) is 62.7 Å². The lowest BCUT2D eigenvalue weighted by Gasteiger charge is -2.35. The number of ether oxygens (including phenoxy) is 1. The number of tetrazole rings is 1. The third kappa shape index (κ3) is 4.13. The largest absolute Gasteiger partial charge is 0.377 e. The Hall–Kier alpha value is -2.81. The van der Waals surface area contributed by atoms with Crippen LogP contribution in [-0.2, 0) is 33.7 Å². The van der Waals surface area contributed by atoms with Gasteiger partial charge in [-0.3, -0.25) is 9.59 Å². The third-order valence-electron chi connectivity index (χ3n) is 5.04. The zero-order chi connectivity index (χ0) is 18.6. The second kappa shape index (κ2) is 7.83. The molecule has 9 nitrogen and oxygen atoms in total. The molecular weight excluding hydrogens is 348 g/mol. The van der Waals surface area contributed by atoms with E-state index in [9.17, 15) is 9.59 Å². The van der Waals surface area contributed by atoms with Crippen LogP contribution >= 0.6 is 0 Å². The molecule has 4 rings (SSSR count). The summed E-state index contributed by atoms with van der Waals surface area (Å²) in [6.45, 7) is 1.32. The molecule has 0 spiro atoms. The van der Waals surface area contributed by atoms with Gasteiger partial charge < -0.3 is 15.0 Å². The van der Waals surface area contributed by atoms with Gasteiger partial charge in [-0.2, -0.15) is 0 Å². The highest BCUT2D eigenvalue weighted by Gasteiger charge is 2.29. The van der Waals surface area contributed by atoms with Crippen molar-refractivity contribution in [2.45, 2.75) is 38.3 Å². The number of anilines is 1. The molecule has 0 unspecified atom stereocenters. The predicted molar refractivity (Wildman–Crippen MR) is 95.9 cm³/mol. The van der Waals surface area contributed by atoms with Crippen molar-refractivity contribution >= 4 is 17.5 Å². The van der Waals surface area contributed by atoms with E-state index in [1.165, 1.54) is 28.6 Å². The van der Waals surface area contributed by atoms with Gasteiger partial charge in [0.2, 0.25) is 11.8 Å². The maximum absolute atomic E-state index is 12.6. The highest BCUT2D eigenvalue weighted by atomic mass is 16.5. The molecule has 1 saturated heterocycles. The molecule has 0 bridgehead atoms. The Balaban J connectivity index is 1.37. The van der Waals surface area contributed by atoms with Crippen LogP contribution in [0, 0.1) is 0 Å². The Morgan fingerprint density at radius 1 is 1.26 bits per heavy atom. The maximum atomic E-state index is 12.6. The lowest BCUT2D eigenvalue weighted by Crippen LogP contribution is -2.51. The second-order valence-corrected chi connectivity index (χ2v) is 6.91. The normalized spacial score (nSPS) is 19.0. The first-order valence-electron chi connectivity index (χ1n) is 9.19. The molecule has 142 valence electrons. The number of amides is 2. The number of hydrogen-bond acceptors (Lipinski definition) is 6. The number of morpholine rings is 1. The SMILES string of the molecule is O=C(C[C@@H]1COCCN1C(=O)Cn1cnnn1)Nc1ccc2c(c1)CCC2. The van der Waals surface area contributed by atoms with Crippen LogP contribution in [0.4, 0.5) is 5.69 Å². The van der Waals surface area contributed by atoms with Gasteiger partial charge in [0.25, 0.3) is 0 Å². The number of aromatic nitrogens is 4. The summed E-state index contributed by atoms with van der Waals surface area (Å²) in [7, 11) is 0. The summed E-state index contributed by atoms with van der Waals surface area (Å²) in [6.07, 6.45) is 4.94. The molecule has 1 aromatic carbocycles. The van der Waals surface area contributed by atoms with Gasteiger partial charge in [-0.25, -0.2) is 4.68 Å². The Bertz CT molecular complexity index is 823. The summed E-state index contributed by atoms with van der Waals surface area (Å²) in [5.41, 5.74) is 3.49. The quantitative estimate of drug-likeness (QED) is 0.818. The fourth-order valence-electron chi connectivity index (χ4n) is 3.71. The number of carbonyl (C=O) groups is 2. The number of fused-ring (bicyclic) bond motifs is 1. The van der Waals surface area contributed by atoms with E-state index in [1.807, 2.05) is 6.07 Å². The van der Waals surface area contributed by atoms with Crippen LogP contribution in [0.25, 0.3) is 0 Å². The molecule has 0 radical (unpaired) electrons. The lowest BCUT2D eigenvalue weighted by molar-refractivity contribution is -0.142. The van der Waals surface area contributed by atoms with E-state index in [-0.39, 0.29) is 30.8 Å². The highest BCUT2D eigenvalue weighted by molar-refractivity contribution is 5.91. The van der Waals surface area contributed by atoms with E-state index in [0.29, 0.717) is 19.8 Å². The fraction of sp³-hybridized carbons (Fsp3) is 0.500. The van der Waals surface area contributed by atoms with Crippen LogP contribution in [0.3, 0.4) is 0 Å². The zero-order valence-corrected chi connectivity index (χ0v) is 15.0. The molecule has 2 amide bonds. The van der Waals surface area contributed by atoms with Crippen molar-refractivity contribution < 1.29 is 14.3 Å². The van der Waals surface area contributed by atoms with Gasteiger partial charge in [-0.15, -0.1) is 5.10 Å². The molecule has 2 aromatic rings. The monoisotopic (exact) mass is 370 g/mol. The summed E-state index contributed by atoms with van der Waals surface area (Å²) in [5.74, 6) is -0.246. The van der Waals surface area contributed by atoms with Crippen molar-refractivity contribution in [2.75, 3.05) is 25.1 Å². The molecule has 2 heterocycles. The van der Waals surface area contributed by atoms with Crippen molar-refractivity contribution in [1.82, 2.24) is 25.1 Å². The Morgan fingerprint density at radius 2 is 2.15 bits per heavy atom. The van der Waals surface area contributed by atoms with Gasteiger partial charge in [0, 0.05) is 18.7 Å². The van der Waals surface area contributed by atoms with E-state index in [2.05, 4.69) is 33.0 Å². The van der Waals surface area contributed by atoms with E-state index >= 15 is 0 Å². The van der Waals surface area contributed by atoms with Crippen LogP contribution in [0.1, 0.15) is 24.0 Å². The minimum atomic E-state index is -0.294. The topological polar surface area (TPSA) is 102 Å². The van der Waals surface area contributed by atoms with Gasteiger partial charge in [-0.1, -0.05) is 6.07 Å². The molecule has 2 aliphatic rings. The molecule has 1 atom stereocenters. The molecule has 1 aliphatic heterocycles. The first kappa shape index (κ1) is 17.6. The molecule has 0 saturated carbocycles. The van der Waals surface area contributed by atoms with Gasteiger partial charge >= 0.3 is 0 Å². The van der Waals surface area contributed by atoms with E-state index in [0.717, 1.165) is 18.5 Å². The Labute approximate surface area is 156 Å². The molecule has 1 aliphatic carbocycles. The highest BCUT2D eigenvalue weighted by Crippen LogP contribution is 2.25. The summed E-state index contributed by atoms with van der Waals surface area (Å²) < 4.78 is 6.86. The van der Waals surface area contributed by atoms with Gasteiger partial charge in [0.1, 0.15) is 12.9 Å². The molecule has 9 heteroatoms. The van der Waals surface area contributed by atoms with Gasteiger partial charge in [0.15, 0.2) is 0 Å². The molecule has 1 fully saturated rings. The number of benzene rings is 1. The van der Waals surface area contributed by atoms with Gasteiger partial charge in [0.05, 0.1) is 19.3 Å². The van der Waals surface area contributed by atoms with Crippen LogP contribution in [0.15, 0.2) is 24.5 Å². The number of rotatable bonds is 5. The van der Waals surface area contributed by atoms with Crippen molar-refractivity contribution in [2.24, 2.45) is 0 Å². The number of aryl methyl sites for hydroxylation is 2. The minimum Gasteiger partial charge on any atom is -0.377 e. The van der Waals surface area contributed by atoms with Crippen LogP contribution in [0.2, 0.25) is 0 Å². The standard InChI is InChI=1S/C18H22N6O3/c25-17(20-15-5-4-13-2-1-3-14(13)8-15)9-16-11-27-7-6-24(16)18(26)10-23-12-19-21-22-23/h4-5,8,12,16H,1-3,6-7,9-11H2,(H,20,25)/t16-/m1/s1. The van der Waals surface area contributed by atoms with E-state index < -0.39 is 0 Å². The average Bonchev–Trinajstić information content (AvgIpc) is 3.33. The summed E-state index contributed by atoms with van der Waals surface area (Å²) in [4.78, 5) is 26.8. The fourth-order valence-corrected chi connectivity index (χ4v) is 3.71. The Kier molecular flexibility index (Phi) is 5.10. The van der Waals surface area contributed by atoms with Crippen molar-refractivity contribution in [1.29, 1.82) is 0 Å². The minimum absolute atomic E-state index is 0.0515. The van der Waals surface area contributed by atoms with Crippen molar-refractivity contribution in [3.63, 3.8) is 0 Å². The van der Waals surface area contributed by atoms with Crippen molar-refractivity contribution in [3.05, 3.63) is 35.7 Å². The van der Waals surface area contributed by atoms with Crippen LogP contribution < -0.4 is 5.32 Å². The smallest absolute Gasteiger partial charge is 0.244 e. The molecule has 27 heavy (non-hydrogen) atoms. The first-order valence-corrected chi connectivity index (χ1v) is 9.19. The first-order chi connectivity index (χ1) is 13.2. The molecular formula is C18H22N6O3.